The van der Waals surface area contributed by atoms with Gasteiger partial charge in [0.05, 0.1) is 0 Å². The minimum absolute atomic E-state index is 0.0502. The Bertz CT molecular complexity index is 371. The fourth-order valence-electron chi connectivity index (χ4n) is 2.13. The number of hydrogen-bond donors (Lipinski definition) is 2. The highest BCUT2D eigenvalue weighted by Crippen LogP contribution is 2.45. The van der Waals surface area contributed by atoms with Crippen LogP contribution in [0.4, 0.5) is 0 Å². The molecule has 3 heteroatoms. The Hall–Kier alpha value is -1.35. The van der Waals surface area contributed by atoms with Crippen molar-refractivity contribution in [2.75, 3.05) is 13.1 Å². The Labute approximate surface area is 103 Å². The van der Waals surface area contributed by atoms with Gasteiger partial charge in [-0.1, -0.05) is 30.3 Å². The zero-order chi connectivity index (χ0) is 12.1. The van der Waals surface area contributed by atoms with Crippen LogP contribution in [0, 0.1) is 0 Å². The van der Waals surface area contributed by atoms with Gasteiger partial charge < -0.3 is 10.6 Å². The van der Waals surface area contributed by atoms with Crippen molar-refractivity contribution in [1.82, 2.24) is 10.6 Å². The number of nitrogens with one attached hydrogen (secondary N) is 2. The molecule has 0 heterocycles. The van der Waals surface area contributed by atoms with Gasteiger partial charge in [-0.3, -0.25) is 4.79 Å². The third kappa shape index (κ3) is 3.30. The molecule has 0 spiro atoms. The molecule has 0 atom stereocenters. The molecule has 0 saturated heterocycles. The lowest BCUT2D eigenvalue weighted by atomic mass is 10.1. The summed E-state index contributed by atoms with van der Waals surface area (Å²) < 4.78 is 0. The van der Waals surface area contributed by atoms with Crippen LogP contribution in [-0.2, 0) is 10.3 Å². The normalized spacial score (nSPS) is 16.5. The van der Waals surface area contributed by atoms with Crippen LogP contribution in [0.1, 0.15) is 31.7 Å². The first-order valence-electron chi connectivity index (χ1n) is 6.28. The summed E-state index contributed by atoms with van der Waals surface area (Å²) in [6.45, 7) is 3.27. The van der Waals surface area contributed by atoms with Crippen molar-refractivity contribution in [1.29, 1.82) is 0 Å². The van der Waals surface area contributed by atoms with Gasteiger partial charge in [-0.2, -0.15) is 0 Å². The van der Waals surface area contributed by atoms with Crippen molar-refractivity contribution >= 4 is 5.91 Å². The van der Waals surface area contributed by atoms with Gasteiger partial charge in [0.2, 0.25) is 5.91 Å². The molecular weight excluding hydrogens is 212 g/mol. The molecule has 1 aliphatic carbocycles. The second-order valence-electron chi connectivity index (χ2n) is 4.71. The van der Waals surface area contributed by atoms with Crippen LogP contribution in [0.3, 0.4) is 0 Å². The molecule has 0 radical (unpaired) electrons. The molecule has 1 amide bonds. The lowest BCUT2D eigenvalue weighted by Crippen LogP contribution is -2.32. The smallest absolute Gasteiger partial charge is 0.216 e. The van der Waals surface area contributed by atoms with Gasteiger partial charge in [0.15, 0.2) is 0 Å². The van der Waals surface area contributed by atoms with Gasteiger partial charge in [0.1, 0.15) is 0 Å². The third-order valence-electron chi connectivity index (χ3n) is 3.27. The van der Waals surface area contributed by atoms with Crippen LogP contribution in [0.2, 0.25) is 0 Å². The number of hydrogen-bond acceptors (Lipinski definition) is 2. The molecule has 92 valence electrons. The molecule has 2 rings (SSSR count). The summed E-state index contributed by atoms with van der Waals surface area (Å²) in [7, 11) is 0. The monoisotopic (exact) mass is 232 g/mol. The molecule has 1 aromatic rings. The van der Waals surface area contributed by atoms with E-state index in [0.717, 1.165) is 19.5 Å². The molecule has 1 aromatic carbocycles. The lowest BCUT2D eigenvalue weighted by Gasteiger charge is -2.17. The van der Waals surface area contributed by atoms with E-state index in [2.05, 4.69) is 41.0 Å². The van der Waals surface area contributed by atoms with E-state index in [1.165, 1.54) is 18.4 Å². The zero-order valence-corrected chi connectivity index (χ0v) is 10.3. The molecule has 0 aliphatic heterocycles. The molecule has 0 bridgehead atoms. The fourth-order valence-corrected chi connectivity index (χ4v) is 2.13. The highest BCUT2D eigenvalue weighted by atomic mass is 16.1. The van der Waals surface area contributed by atoms with Crippen LogP contribution in [0.5, 0.6) is 0 Å². The SMILES string of the molecule is CC(=O)NCCCNC1(c2ccccc2)CC1. The summed E-state index contributed by atoms with van der Waals surface area (Å²) in [5.74, 6) is 0.0502. The molecule has 1 fully saturated rings. The Morgan fingerprint density at radius 3 is 2.53 bits per heavy atom. The maximum absolute atomic E-state index is 10.7. The fraction of sp³-hybridized carbons (Fsp3) is 0.500. The Kier molecular flexibility index (Phi) is 3.79. The van der Waals surface area contributed by atoms with Crippen molar-refractivity contribution < 1.29 is 4.79 Å². The predicted molar refractivity (Wildman–Crippen MR) is 68.7 cm³/mol. The van der Waals surface area contributed by atoms with Crippen LogP contribution in [0.25, 0.3) is 0 Å². The number of carbonyl (C=O) groups excluding carboxylic acids is 1. The molecule has 17 heavy (non-hydrogen) atoms. The van der Waals surface area contributed by atoms with E-state index in [9.17, 15) is 4.79 Å². The van der Waals surface area contributed by atoms with E-state index in [0.29, 0.717) is 0 Å². The summed E-state index contributed by atoms with van der Waals surface area (Å²) in [6, 6.07) is 10.6. The van der Waals surface area contributed by atoms with Gasteiger partial charge in [-0.25, -0.2) is 0 Å². The minimum atomic E-state index is 0.0502. The van der Waals surface area contributed by atoms with Crippen molar-refractivity contribution in [2.45, 2.75) is 31.7 Å². The second kappa shape index (κ2) is 5.32. The largest absolute Gasteiger partial charge is 0.356 e. The molecule has 1 aliphatic rings. The van der Waals surface area contributed by atoms with E-state index in [-0.39, 0.29) is 11.4 Å². The Balaban J connectivity index is 1.74. The van der Waals surface area contributed by atoms with Gasteiger partial charge in [-0.15, -0.1) is 0 Å². The maximum Gasteiger partial charge on any atom is 0.216 e. The average molecular weight is 232 g/mol. The molecule has 2 N–H and O–H groups in total. The van der Waals surface area contributed by atoms with Crippen LogP contribution >= 0.6 is 0 Å². The van der Waals surface area contributed by atoms with Gasteiger partial charge in [-0.05, 0) is 31.4 Å². The molecule has 0 aromatic heterocycles. The molecular formula is C14H20N2O. The Morgan fingerprint density at radius 2 is 1.94 bits per heavy atom. The van der Waals surface area contributed by atoms with Crippen LogP contribution in [-0.4, -0.2) is 19.0 Å². The third-order valence-corrected chi connectivity index (χ3v) is 3.27. The second-order valence-corrected chi connectivity index (χ2v) is 4.71. The van der Waals surface area contributed by atoms with E-state index >= 15 is 0 Å². The quantitative estimate of drug-likeness (QED) is 0.734. The molecule has 0 unspecified atom stereocenters. The van der Waals surface area contributed by atoms with Crippen LogP contribution in [0.15, 0.2) is 30.3 Å². The Morgan fingerprint density at radius 1 is 1.24 bits per heavy atom. The van der Waals surface area contributed by atoms with E-state index in [1.807, 2.05) is 0 Å². The number of carbonyl (C=O) groups is 1. The summed E-state index contributed by atoms with van der Waals surface area (Å²) in [5.41, 5.74) is 1.61. The van der Waals surface area contributed by atoms with Gasteiger partial charge in [0.25, 0.3) is 0 Å². The lowest BCUT2D eigenvalue weighted by molar-refractivity contribution is -0.118. The summed E-state index contributed by atoms with van der Waals surface area (Å²) in [5, 5.41) is 6.42. The first-order chi connectivity index (χ1) is 8.23. The highest BCUT2D eigenvalue weighted by Gasteiger charge is 2.43. The topological polar surface area (TPSA) is 41.1 Å². The van der Waals surface area contributed by atoms with E-state index in [1.54, 1.807) is 6.92 Å². The van der Waals surface area contributed by atoms with Gasteiger partial charge in [0, 0.05) is 19.0 Å². The predicted octanol–water partition coefficient (Wildman–Crippen LogP) is 1.79. The molecule has 1 saturated carbocycles. The van der Waals surface area contributed by atoms with Crippen LogP contribution < -0.4 is 10.6 Å². The van der Waals surface area contributed by atoms with Crippen molar-refractivity contribution in [3.63, 3.8) is 0 Å². The van der Waals surface area contributed by atoms with Crippen molar-refractivity contribution in [3.05, 3.63) is 35.9 Å². The number of benzene rings is 1. The summed E-state index contributed by atoms with van der Waals surface area (Å²) in [4.78, 5) is 10.7. The average Bonchev–Trinajstić information content (AvgIpc) is 3.11. The van der Waals surface area contributed by atoms with E-state index < -0.39 is 0 Å². The number of rotatable bonds is 6. The standard InChI is InChI=1S/C14H20N2O/c1-12(17)15-10-5-11-16-14(8-9-14)13-6-3-2-4-7-13/h2-4,6-7,16H,5,8-11H2,1H3,(H,15,17). The summed E-state index contributed by atoms with van der Waals surface area (Å²) in [6.07, 6.45) is 3.42. The summed E-state index contributed by atoms with van der Waals surface area (Å²) >= 11 is 0. The first-order valence-corrected chi connectivity index (χ1v) is 6.28. The molecule has 3 nitrogen and oxygen atoms in total. The van der Waals surface area contributed by atoms with Gasteiger partial charge >= 0.3 is 0 Å². The first kappa shape index (κ1) is 12.1. The minimum Gasteiger partial charge on any atom is -0.356 e. The van der Waals surface area contributed by atoms with Crippen molar-refractivity contribution in [3.8, 4) is 0 Å². The zero-order valence-electron chi connectivity index (χ0n) is 10.3. The number of amides is 1. The maximum atomic E-state index is 10.7. The van der Waals surface area contributed by atoms with E-state index in [4.69, 9.17) is 0 Å². The van der Waals surface area contributed by atoms with Crippen molar-refractivity contribution in [2.24, 2.45) is 0 Å². The highest BCUT2D eigenvalue weighted by molar-refractivity contribution is 5.72.